The highest BCUT2D eigenvalue weighted by Gasteiger charge is 1.95. The molecule has 1 heterocycles. The first-order valence-electron chi connectivity index (χ1n) is 5.78. The Labute approximate surface area is 94.7 Å². The Morgan fingerprint density at radius 3 is 1.93 bits per heavy atom. The van der Waals surface area contributed by atoms with E-state index in [1.807, 2.05) is 60.6 Å². The van der Waals surface area contributed by atoms with Gasteiger partial charge >= 0.3 is 0 Å². The maximum atomic E-state index is 5.41. The van der Waals surface area contributed by atoms with Gasteiger partial charge in [0.1, 0.15) is 5.75 Å². The van der Waals surface area contributed by atoms with Crippen LogP contribution in [0.1, 0.15) is 47.2 Å². The summed E-state index contributed by atoms with van der Waals surface area (Å²) in [6, 6.07) is 3.88. The van der Waals surface area contributed by atoms with Crippen molar-refractivity contribution in [1.29, 1.82) is 0 Å². The first-order chi connectivity index (χ1) is 7.18. The van der Waals surface area contributed by atoms with Crippen molar-refractivity contribution >= 4 is 0 Å². The first kappa shape index (κ1) is 16.4. The summed E-state index contributed by atoms with van der Waals surface area (Å²) in [6.45, 7) is 14.0. The number of pyridine rings is 1. The highest BCUT2D eigenvalue weighted by atomic mass is 16.5. The van der Waals surface area contributed by atoms with Gasteiger partial charge < -0.3 is 4.74 Å². The molecule has 0 aliphatic heterocycles. The van der Waals surface area contributed by atoms with E-state index in [-0.39, 0.29) is 6.10 Å². The fourth-order valence-corrected chi connectivity index (χ4v) is 0.796. The number of ether oxygens (including phenoxy) is 1. The summed E-state index contributed by atoms with van der Waals surface area (Å²) in [4.78, 5) is 4.11. The van der Waals surface area contributed by atoms with Gasteiger partial charge in [-0.1, -0.05) is 27.7 Å². The molecule has 2 nitrogen and oxygen atoms in total. The number of rotatable bonds is 2. The molecule has 0 N–H and O–H groups in total. The second kappa shape index (κ2) is 11.0. The Morgan fingerprint density at radius 1 is 1.07 bits per heavy atom. The normalized spacial score (nSPS) is 8.27. The highest BCUT2D eigenvalue weighted by molar-refractivity contribution is 5.19. The molecule has 2 heteroatoms. The molecule has 0 saturated carbocycles. The van der Waals surface area contributed by atoms with Gasteiger partial charge in [0, 0.05) is 5.69 Å². The van der Waals surface area contributed by atoms with Crippen LogP contribution in [0.2, 0.25) is 0 Å². The molecule has 0 fully saturated rings. The van der Waals surface area contributed by atoms with Gasteiger partial charge in [-0.2, -0.15) is 0 Å². The van der Waals surface area contributed by atoms with Gasteiger partial charge in [-0.05, 0) is 32.9 Å². The topological polar surface area (TPSA) is 22.1 Å². The van der Waals surface area contributed by atoms with Gasteiger partial charge in [0.25, 0.3) is 0 Å². The monoisotopic (exact) mass is 211 g/mol. The zero-order valence-corrected chi connectivity index (χ0v) is 11.2. The Balaban J connectivity index is 0. The van der Waals surface area contributed by atoms with Gasteiger partial charge in [-0.15, -0.1) is 0 Å². The van der Waals surface area contributed by atoms with Crippen molar-refractivity contribution < 1.29 is 4.74 Å². The summed E-state index contributed by atoms with van der Waals surface area (Å²) >= 11 is 0. The van der Waals surface area contributed by atoms with E-state index in [4.69, 9.17) is 4.74 Å². The molecule has 0 unspecified atom stereocenters. The number of aryl methyl sites for hydroxylation is 1. The average Bonchev–Trinajstić information content (AvgIpc) is 2.27. The summed E-state index contributed by atoms with van der Waals surface area (Å²) in [7, 11) is 0. The molecule has 0 spiro atoms. The zero-order valence-electron chi connectivity index (χ0n) is 11.2. The quantitative estimate of drug-likeness (QED) is 0.730. The summed E-state index contributed by atoms with van der Waals surface area (Å²) in [6.07, 6.45) is 1.97. The third-order valence-electron chi connectivity index (χ3n) is 1.26. The Hall–Kier alpha value is -1.05. The van der Waals surface area contributed by atoms with Crippen molar-refractivity contribution in [2.45, 2.75) is 54.6 Å². The minimum absolute atomic E-state index is 0.222. The molecule has 15 heavy (non-hydrogen) atoms. The van der Waals surface area contributed by atoms with Gasteiger partial charge in [0.05, 0.1) is 12.3 Å². The summed E-state index contributed by atoms with van der Waals surface area (Å²) in [5.74, 6) is 0.839. The minimum atomic E-state index is 0.222. The first-order valence-corrected chi connectivity index (χ1v) is 5.78. The summed E-state index contributed by atoms with van der Waals surface area (Å²) in [5, 5.41) is 0. The van der Waals surface area contributed by atoms with Crippen molar-refractivity contribution in [3.8, 4) is 5.75 Å². The average molecular weight is 211 g/mol. The van der Waals surface area contributed by atoms with Crippen molar-refractivity contribution in [1.82, 2.24) is 4.98 Å². The molecule has 0 radical (unpaired) electrons. The largest absolute Gasteiger partial charge is 0.489 e. The molecule has 1 aromatic rings. The Morgan fingerprint density at radius 2 is 1.60 bits per heavy atom. The van der Waals surface area contributed by atoms with E-state index >= 15 is 0 Å². The zero-order chi connectivity index (χ0) is 12.3. The van der Waals surface area contributed by atoms with Crippen LogP contribution in [-0.2, 0) is 0 Å². The smallest absolute Gasteiger partial charge is 0.137 e. The third kappa shape index (κ3) is 9.26. The van der Waals surface area contributed by atoms with Crippen molar-refractivity contribution in [2.24, 2.45) is 0 Å². The van der Waals surface area contributed by atoms with Crippen LogP contribution in [0.4, 0.5) is 0 Å². The predicted octanol–water partition coefficient (Wildman–Crippen LogP) is 4.23. The lowest BCUT2D eigenvalue weighted by Gasteiger charge is -2.08. The van der Waals surface area contributed by atoms with Crippen LogP contribution in [0.25, 0.3) is 0 Å². The van der Waals surface area contributed by atoms with Crippen molar-refractivity contribution in [3.05, 3.63) is 24.0 Å². The molecule has 0 aliphatic carbocycles. The molecule has 0 aromatic carbocycles. The molecule has 0 aliphatic rings. The van der Waals surface area contributed by atoms with E-state index in [1.165, 1.54) is 0 Å². The van der Waals surface area contributed by atoms with Crippen LogP contribution in [0.15, 0.2) is 18.3 Å². The standard InChI is InChI=1S/C9H13NO.2C2H6/c1-7(2)11-9-5-4-8(3)10-6-9;2*1-2/h4-7H,1-3H3;2*1-2H3. The summed E-state index contributed by atoms with van der Waals surface area (Å²) < 4.78 is 5.41. The van der Waals surface area contributed by atoms with Gasteiger partial charge in [-0.3, -0.25) is 4.98 Å². The van der Waals surface area contributed by atoms with E-state index in [2.05, 4.69) is 4.98 Å². The number of nitrogens with zero attached hydrogens (tertiary/aromatic N) is 1. The second-order valence-electron chi connectivity index (χ2n) is 2.80. The summed E-state index contributed by atoms with van der Waals surface area (Å²) in [5.41, 5.74) is 1.01. The highest BCUT2D eigenvalue weighted by Crippen LogP contribution is 2.09. The molecule has 0 bridgehead atoms. The molecule has 0 atom stereocenters. The Kier molecular flexibility index (Phi) is 12.0. The van der Waals surface area contributed by atoms with Crippen LogP contribution >= 0.6 is 0 Å². The molecule has 88 valence electrons. The van der Waals surface area contributed by atoms with Crippen molar-refractivity contribution in [3.63, 3.8) is 0 Å². The third-order valence-corrected chi connectivity index (χ3v) is 1.26. The molecular formula is C13H25NO. The maximum absolute atomic E-state index is 5.41. The number of aromatic nitrogens is 1. The molecule has 0 saturated heterocycles. The van der Waals surface area contributed by atoms with Crippen molar-refractivity contribution in [2.75, 3.05) is 0 Å². The lowest BCUT2D eigenvalue weighted by Crippen LogP contribution is -2.05. The van der Waals surface area contributed by atoms with E-state index < -0.39 is 0 Å². The predicted molar refractivity (Wildman–Crippen MR) is 67.4 cm³/mol. The number of hydrogen-bond acceptors (Lipinski definition) is 2. The fraction of sp³-hybridized carbons (Fsp3) is 0.615. The SMILES string of the molecule is CC.CC.Cc1ccc(OC(C)C)cn1. The van der Waals surface area contributed by atoms with Crippen LogP contribution in [-0.4, -0.2) is 11.1 Å². The Bertz CT molecular complexity index is 216. The molecule has 1 rings (SSSR count). The van der Waals surface area contributed by atoms with Gasteiger partial charge in [-0.25, -0.2) is 0 Å². The van der Waals surface area contributed by atoms with E-state index in [9.17, 15) is 0 Å². The molecule has 1 aromatic heterocycles. The second-order valence-corrected chi connectivity index (χ2v) is 2.80. The van der Waals surface area contributed by atoms with Crippen LogP contribution in [0, 0.1) is 6.92 Å². The molecule has 0 amide bonds. The minimum Gasteiger partial charge on any atom is -0.489 e. The van der Waals surface area contributed by atoms with Crippen LogP contribution in [0.3, 0.4) is 0 Å². The number of hydrogen-bond donors (Lipinski definition) is 0. The van der Waals surface area contributed by atoms with E-state index in [0.29, 0.717) is 0 Å². The van der Waals surface area contributed by atoms with Crippen LogP contribution in [0.5, 0.6) is 5.75 Å². The van der Waals surface area contributed by atoms with E-state index in [1.54, 1.807) is 6.20 Å². The maximum Gasteiger partial charge on any atom is 0.137 e. The van der Waals surface area contributed by atoms with E-state index in [0.717, 1.165) is 11.4 Å². The fourth-order valence-electron chi connectivity index (χ4n) is 0.796. The van der Waals surface area contributed by atoms with Crippen LogP contribution < -0.4 is 4.74 Å². The lowest BCUT2D eigenvalue weighted by atomic mass is 10.3. The van der Waals surface area contributed by atoms with Gasteiger partial charge in [0.15, 0.2) is 0 Å². The molecular weight excluding hydrogens is 186 g/mol. The van der Waals surface area contributed by atoms with Gasteiger partial charge in [0.2, 0.25) is 0 Å². The lowest BCUT2D eigenvalue weighted by molar-refractivity contribution is 0.241.